The molecule has 0 amide bonds. The summed E-state index contributed by atoms with van der Waals surface area (Å²) in [6, 6.07) is 7.80. The van der Waals surface area contributed by atoms with Crippen molar-refractivity contribution in [2.24, 2.45) is 5.73 Å². The first-order chi connectivity index (χ1) is 8.61. The molecule has 2 N–H and O–H groups in total. The summed E-state index contributed by atoms with van der Waals surface area (Å²) in [7, 11) is 4.00. The smallest absolute Gasteiger partial charge is 0.243 e. The second-order valence-electron chi connectivity index (χ2n) is 4.41. The molecule has 18 heavy (non-hydrogen) atoms. The average molecular weight is 246 g/mol. The van der Waals surface area contributed by atoms with Crippen LogP contribution in [0.1, 0.15) is 25.3 Å². The Labute approximate surface area is 107 Å². The summed E-state index contributed by atoms with van der Waals surface area (Å²) < 4.78 is 5.15. The van der Waals surface area contributed by atoms with Crippen LogP contribution in [-0.2, 0) is 0 Å². The summed E-state index contributed by atoms with van der Waals surface area (Å²) in [6.07, 6.45) is 0.779. The Bertz CT molecular complexity index is 504. The minimum Gasteiger partial charge on any atom is -0.378 e. The highest BCUT2D eigenvalue weighted by Crippen LogP contribution is 2.21. The number of hydrogen-bond acceptors (Lipinski definition) is 5. The molecule has 5 nitrogen and oxygen atoms in total. The SMILES string of the molecule is CCC(N)c1nc(-c2ccc(N(C)C)cc2)no1. The van der Waals surface area contributed by atoms with Crippen molar-refractivity contribution >= 4 is 5.69 Å². The predicted molar refractivity (Wildman–Crippen MR) is 71.3 cm³/mol. The van der Waals surface area contributed by atoms with E-state index in [9.17, 15) is 0 Å². The Balaban J connectivity index is 2.23. The molecule has 2 aromatic rings. The molecule has 96 valence electrons. The number of anilines is 1. The van der Waals surface area contributed by atoms with Gasteiger partial charge in [0.15, 0.2) is 0 Å². The summed E-state index contributed by atoms with van der Waals surface area (Å²) in [5, 5.41) is 3.95. The molecule has 0 aliphatic heterocycles. The molecule has 0 aliphatic rings. The zero-order valence-electron chi connectivity index (χ0n) is 10.9. The summed E-state index contributed by atoms with van der Waals surface area (Å²) in [5.74, 6) is 1.07. The topological polar surface area (TPSA) is 68.2 Å². The second kappa shape index (κ2) is 5.18. The lowest BCUT2D eigenvalue weighted by Gasteiger charge is -2.11. The highest BCUT2D eigenvalue weighted by atomic mass is 16.5. The minimum atomic E-state index is -0.188. The van der Waals surface area contributed by atoms with Crippen molar-refractivity contribution in [3.05, 3.63) is 30.2 Å². The van der Waals surface area contributed by atoms with Gasteiger partial charge in [-0.3, -0.25) is 0 Å². The molecule has 1 heterocycles. The van der Waals surface area contributed by atoms with Crippen LogP contribution < -0.4 is 10.6 Å². The Morgan fingerprint density at radius 2 is 1.94 bits per heavy atom. The van der Waals surface area contributed by atoms with Gasteiger partial charge in [0, 0.05) is 25.3 Å². The van der Waals surface area contributed by atoms with Gasteiger partial charge in [0.25, 0.3) is 0 Å². The molecule has 2 rings (SSSR count). The van der Waals surface area contributed by atoms with E-state index in [1.807, 2.05) is 50.2 Å². The van der Waals surface area contributed by atoms with Gasteiger partial charge < -0.3 is 15.2 Å². The van der Waals surface area contributed by atoms with Crippen LogP contribution >= 0.6 is 0 Å². The summed E-state index contributed by atoms with van der Waals surface area (Å²) >= 11 is 0. The maximum Gasteiger partial charge on any atom is 0.243 e. The summed E-state index contributed by atoms with van der Waals surface area (Å²) in [5.41, 5.74) is 7.91. The highest BCUT2D eigenvalue weighted by Gasteiger charge is 2.13. The van der Waals surface area contributed by atoms with E-state index in [1.54, 1.807) is 0 Å². The van der Waals surface area contributed by atoms with Gasteiger partial charge in [0.05, 0.1) is 6.04 Å². The lowest BCUT2D eigenvalue weighted by molar-refractivity contribution is 0.352. The Hall–Kier alpha value is -1.88. The number of rotatable bonds is 4. The molecule has 0 saturated heterocycles. The third kappa shape index (κ3) is 2.51. The van der Waals surface area contributed by atoms with E-state index in [0.717, 1.165) is 17.7 Å². The van der Waals surface area contributed by atoms with Gasteiger partial charge in [0.1, 0.15) is 0 Å². The van der Waals surface area contributed by atoms with Crippen LogP contribution in [0.4, 0.5) is 5.69 Å². The van der Waals surface area contributed by atoms with Gasteiger partial charge in [0.2, 0.25) is 11.7 Å². The number of nitrogens with zero attached hydrogens (tertiary/aromatic N) is 3. The number of benzene rings is 1. The summed E-state index contributed by atoms with van der Waals surface area (Å²) in [6.45, 7) is 1.99. The van der Waals surface area contributed by atoms with Crippen LogP contribution in [0.5, 0.6) is 0 Å². The van der Waals surface area contributed by atoms with Gasteiger partial charge in [-0.05, 0) is 30.7 Å². The molecular weight excluding hydrogens is 228 g/mol. The van der Waals surface area contributed by atoms with E-state index in [1.165, 1.54) is 0 Å². The molecule has 1 unspecified atom stereocenters. The van der Waals surface area contributed by atoms with Crippen molar-refractivity contribution in [1.29, 1.82) is 0 Å². The van der Waals surface area contributed by atoms with E-state index in [0.29, 0.717) is 11.7 Å². The maximum atomic E-state index is 5.85. The number of hydrogen-bond donors (Lipinski definition) is 1. The van der Waals surface area contributed by atoms with Crippen molar-refractivity contribution in [3.63, 3.8) is 0 Å². The lowest BCUT2D eigenvalue weighted by atomic mass is 10.2. The fourth-order valence-corrected chi connectivity index (χ4v) is 1.59. The lowest BCUT2D eigenvalue weighted by Crippen LogP contribution is -2.08. The van der Waals surface area contributed by atoms with Crippen LogP contribution in [0.3, 0.4) is 0 Å². The third-order valence-corrected chi connectivity index (χ3v) is 2.84. The molecule has 1 aromatic carbocycles. The van der Waals surface area contributed by atoms with E-state index in [2.05, 4.69) is 10.1 Å². The molecule has 1 atom stereocenters. The Morgan fingerprint density at radius 3 is 2.50 bits per heavy atom. The van der Waals surface area contributed by atoms with Gasteiger partial charge in [-0.1, -0.05) is 12.1 Å². The summed E-state index contributed by atoms with van der Waals surface area (Å²) in [4.78, 5) is 6.35. The highest BCUT2D eigenvalue weighted by molar-refractivity contribution is 5.59. The molecule has 0 spiro atoms. The predicted octanol–water partition coefficient (Wildman–Crippen LogP) is 2.21. The molecular formula is C13H18N4O. The van der Waals surface area contributed by atoms with Crippen LogP contribution in [0.2, 0.25) is 0 Å². The zero-order valence-corrected chi connectivity index (χ0v) is 10.9. The van der Waals surface area contributed by atoms with Crippen LogP contribution in [0.15, 0.2) is 28.8 Å². The second-order valence-corrected chi connectivity index (χ2v) is 4.41. The van der Waals surface area contributed by atoms with Crippen LogP contribution in [-0.4, -0.2) is 24.2 Å². The molecule has 5 heteroatoms. The largest absolute Gasteiger partial charge is 0.378 e. The van der Waals surface area contributed by atoms with Crippen molar-refractivity contribution in [2.45, 2.75) is 19.4 Å². The van der Waals surface area contributed by atoms with Crippen LogP contribution in [0.25, 0.3) is 11.4 Å². The molecule has 0 aliphatic carbocycles. The van der Waals surface area contributed by atoms with E-state index in [4.69, 9.17) is 10.3 Å². The standard InChI is InChI=1S/C13H18N4O/c1-4-11(14)13-15-12(16-18-13)9-5-7-10(8-6-9)17(2)3/h5-8,11H,4,14H2,1-3H3. The van der Waals surface area contributed by atoms with Crippen molar-refractivity contribution in [2.75, 3.05) is 19.0 Å². The zero-order chi connectivity index (χ0) is 13.1. The molecule has 1 aromatic heterocycles. The van der Waals surface area contributed by atoms with Crippen molar-refractivity contribution in [3.8, 4) is 11.4 Å². The van der Waals surface area contributed by atoms with Gasteiger partial charge >= 0.3 is 0 Å². The third-order valence-electron chi connectivity index (χ3n) is 2.84. The Morgan fingerprint density at radius 1 is 1.28 bits per heavy atom. The normalized spacial score (nSPS) is 12.4. The Kier molecular flexibility index (Phi) is 3.62. The average Bonchev–Trinajstić information content (AvgIpc) is 2.87. The van der Waals surface area contributed by atoms with Crippen molar-refractivity contribution < 1.29 is 4.52 Å². The van der Waals surface area contributed by atoms with E-state index in [-0.39, 0.29) is 6.04 Å². The quantitative estimate of drug-likeness (QED) is 0.895. The van der Waals surface area contributed by atoms with Crippen molar-refractivity contribution in [1.82, 2.24) is 10.1 Å². The van der Waals surface area contributed by atoms with Gasteiger partial charge in [-0.2, -0.15) is 4.98 Å². The first kappa shape index (κ1) is 12.6. The molecule has 0 fully saturated rings. The molecule has 0 radical (unpaired) electrons. The number of aromatic nitrogens is 2. The van der Waals surface area contributed by atoms with Crippen LogP contribution in [0, 0.1) is 0 Å². The number of nitrogens with two attached hydrogens (primary N) is 1. The van der Waals surface area contributed by atoms with E-state index < -0.39 is 0 Å². The fraction of sp³-hybridized carbons (Fsp3) is 0.385. The monoisotopic (exact) mass is 246 g/mol. The minimum absolute atomic E-state index is 0.188. The van der Waals surface area contributed by atoms with Gasteiger partial charge in [-0.25, -0.2) is 0 Å². The first-order valence-corrected chi connectivity index (χ1v) is 5.98. The van der Waals surface area contributed by atoms with Gasteiger partial charge in [-0.15, -0.1) is 0 Å². The fourth-order valence-electron chi connectivity index (χ4n) is 1.59. The molecule has 0 saturated carbocycles. The molecule has 0 bridgehead atoms. The maximum absolute atomic E-state index is 5.85. The first-order valence-electron chi connectivity index (χ1n) is 5.98. The van der Waals surface area contributed by atoms with E-state index >= 15 is 0 Å².